The van der Waals surface area contributed by atoms with E-state index in [0.717, 1.165) is 6.61 Å². The van der Waals surface area contributed by atoms with Crippen molar-refractivity contribution in [3.8, 4) is 0 Å². The summed E-state index contributed by atoms with van der Waals surface area (Å²) in [6.07, 6.45) is 28.4. The van der Waals surface area contributed by atoms with Crippen LogP contribution in [0.1, 0.15) is 32.6 Å². The Morgan fingerprint density at radius 1 is 0.778 bits per heavy atom. The van der Waals surface area contributed by atoms with Crippen molar-refractivity contribution >= 4 is 0 Å². The zero-order valence-corrected chi connectivity index (χ0v) is 18.3. The van der Waals surface area contributed by atoms with E-state index in [4.69, 9.17) is 18.7 Å². The van der Waals surface area contributed by atoms with Gasteiger partial charge < -0.3 is 10.8 Å². The summed E-state index contributed by atoms with van der Waals surface area (Å²) in [6.45, 7) is 16.4. The monoisotopic (exact) mass is 535 g/mol. The van der Waals surface area contributed by atoms with Gasteiger partial charge in [-0.25, -0.2) is 5.57 Å². The predicted molar refractivity (Wildman–Crippen MR) is 94.4 cm³/mol. The van der Waals surface area contributed by atoms with Crippen molar-refractivity contribution in [3.63, 3.8) is 0 Å². The number of hydrogen-bond donors (Lipinski definition) is 0. The van der Waals surface area contributed by atoms with Crippen molar-refractivity contribution in [2.75, 3.05) is 6.61 Å². The van der Waals surface area contributed by atoms with Crippen LogP contribution in [0.25, 0.3) is 0 Å². The molecule has 0 aromatic carbocycles. The van der Waals surface area contributed by atoms with E-state index in [2.05, 4.69) is 33.0 Å². The zero-order valence-electron chi connectivity index (χ0n) is 15.4. The molecule has 1 aliphatic heterocycles. The molecule has 4 rings (SSSR count). The average Bonchev–Trinajstić information content (AvgIpc) is 3.51. The molecule has 3 aliphatic carbocycles. The van der Waals surface area contributed by atoms with E-state index in [1.165, 1.54) is 31.3 Å². The van der Waals surface area contributed by atoms with Crippen molar-refractivity contribution in [3.05, 3.63) is 95.8 Å². The minimum absolute atomic E-state index is 0. The van der Waals surface area contributed by atoms with E-state index in [9.17, 15) is 0 Å². The Labute approximate surface area is 180 Å². The molecule has 0 N–H and O–H groups in total. The van der Waals surface area contributed by atoms with Crippen LogP contribution in [0.15, 0.2) is 5.57 Å². The average molecular weight is 535 g/mol. The Bertz CT molecular complexity index is 367. The van der Waals surface area contributed by atoms with Crippen LogP contribution in [0.2, 0.25) is 0 Å². The second-order valence-corrected chi connectivity index (χ2v) is 5.31. The summed E-state index contributed by atoms with van der Waals surface area (Å²) in [7, 11) is 0. The van der Waals surface area contributed by atoms with Crippen molar-refractivity contribution in [2.45, 2.75) is 38.2 Å². The third-order valence-electron chi connectivity index (χ3n) is 3.76. The minimum Gasteiger partial charge on any atom is -0.0312 e. The Balaban J connectivity index is -0.000000293. The first-order valence-corrected chi connectivity index (χ1v) is 8.00. The van der Waals surface area contributed by atoms with Crippen molar-refractivity contribution < 1.29 is 39.8 Å². The second kappa shape index (κ2) is 23.6. The molecule has 0 aromatic heterocycles. The smallest absolute Gasteiger partial charge is 0.0312 e. The van der Waals surface area contributed by atoms with Gasteiger partial charge >= 0.3 is 55.0 Å². The van der Waals surface area contributed by atoms with Gasteiger partial charge in [-0.05, 0) is 77.6 Å². The van der Waals surface area contributed by atoms with Crippen LogP contribution in [0.4, 0.5) is 0 Å². The molecule has 3 fully saturated rings. The Morgan fingerprint density at radius 3 is 1.48 bits per heavy atom. The van der Waals surface area contributed by atoms with E-state index in [0.29, 0.717) is 0 Å². The molecule has 0 amide bonds. The quantitative estimate of drug-likeness (QED) is 0.342. The van der Waals surface area contributed by atoms with Crippen molar-refractivity contribution in [1.82, 2.24) is 0 Å². The molecule has 27 heavy (non-hydrogen) atoms. The number of ether oxygens (including phenoxy) is 1. The van der Waals surface area contributed by atoms with Crippen LogP contribution >= 0.6 is 0 Å². The van der Waals surface area contributed by atoms with E-state index in [1.807, 2.05) is 64.2 Å². The maximum atomic E-state index is 7.50. The zero-order chi connectivity index (χ0) is 20.1. The Hall–Kier alpha value is -0.392. The maximum absolute atomic E-state index is 7.50. The van der Waals surface area contributed by atoms with E-state index >= 15 is 0 Å². The normalized spacial score (nSPS) is 23.6. The molecule has 4 nitrogen and oxygen atoms in total. The maximum Gasteiger partial charge on any atom is 2.00 e. The van der Waals surface area contributed by atoms with Crippen LogP contribution in [-0.4, -0.2) is 12.2 Å². The summed E-state index contributed by atoms with van der Waals surface area (Å²) in [6, 6.07) is 0. The fourth-order valence-corrected chi connectivity index (χ4v) is 2.54. The van der Waals surface area contributed by atoms with Crippen LogP contribution in [0.5, 0.6) is 0 Å². The van der Waals surface area contributed by atoms with E-state index in [1.54, 1.807) is 0 Å². The predicted octanol–water partition coefficient (Wildman–Crippen LogP) is 4.01. The minimum atomic E-state index is 0. The summed E-state index contributed by atoms with van der Waals surface area (Å²) in [4.78, 5) is 0. The third kappa shape index (κ3) is 15.2. The standard InChI is InChI=1S/C9H13O.2C5H5.3CO.W/c1-9-6-3-2-4-8(9)5-7-10-9;2*1-2-4-5-3-1;3*1-2;/h2-4,6-7H2,1H3;2*1-5H;;;;/q-1;;;;;;+2. The van der Waals surface area contributed by atoms with Crippen LogP contribution in [0, 0.1) is 90.2 Å². The summed E-state index contributed by atoms with van der Waals surface area (Å²) in [5, 5.41) is 0. The molecule has 0 aromatic rings. The first-order valence-electron chi connectivity index (χ1n) is 8.00. The van der Waals surface area contributed by atoms with Gasteiger partial charge in [-0.15, -0.1) is 0 Å². The second-order valence-electron chi connectivity index (χ2n) is 5.31. The van der Waals surface area contributed by atoms with Gasteiger partial charge in [0.05, 0.1) is 5.60 Å². The van der Waals surface area contributed by atoms with Gasteiger partial charge in [-0.1, -0.05) is 25.9 Å². The molecule has 1 heterocycles. The van der Waals surface area contributed by atoms with Crippen molar-refractivity contribution in [2.24, 2.45) is 0 Å². The molecule has 0 bridgehead atoms. The molecular formula is C22H23O4W+. The largest absolute Gasteiger partial charge is 2.00 e. The molecule has 0 spiro atoms. The fraction of sp³-hybridized carbons (Fsp3) is 0.318. The number of hydrogen-bond acceptors (Lipinski definition) is 1. The summed E-state index contributed by atoms with van der Waals surface area (Å²) < 4.78 is 28.1. The van der Waals surface area contributed by atoms with Gasteiger partial charge in [-0.2, -0.15) is 0 Å². The molecule has 10 radical (unpaired) electrons. The van der Waals surface area contributed by atoms with Gasteiger partial charge in [0.15, 0.2) is 0 Å². The molecule has 4 aliphatic rings. The molecule has 5 heteroatoms. The Morgan fingerprint density at radius 2 is 1.15 bits per heavy atom. The molecule has 140 valence electrons. The first-order chi connectivity index (χ1) is 12.8. The topological polar surface area (TPSA) is 68.9 Å². The van der Waals surface area contributed by atoms with Gasteiger partial charge in [0, 0.05) is 0 Å². The Kier molecular flexibility index (Phi) is 27.4. The number of rotatable bonds is 0. The van der Waals surface area contributed by atoms with E-state index in [-0.39, 0.29) is 26.7 Å². The summed E-state index contributed by atoms with van der Waals surface area (Å²) in [5.41, 5.74) is 1.52. The fourth-order valence-electron chi connectivity index (χ4n) is 2.54. The van der Waals surface area contributed by atoms with Crippen LogP contribution < -0.4 is 0 Å². The van der Waals surface area contributed by atoms with Gasteiger partial charge in [0.1, 0.15) is 0 Å². The third-order valence-corrected chi connectivity index (χ3v) is 3.76. The van der Waals surface area contributed by atoms with Crippen LogP contribution in [0.3, 0.4) is 0 Å². The number of fused-ring (bicyclic) bond motifs is 1. The molecule has 3 saturated carbocycles. The van der Waals surface area contributed by atoms with Gasteiger partial charge in [0.25, 0.3) is 0 Å². The molecule has 1 unspecified atom stereocenters. The van der Waals surface area contributed by atoms with E-state index < -0.39 is 0 Å². The summed E-state index contributed by atoms with van der Waals surface area (Å²) in [5.74, 6) is 0. The SMILES string of the molecule is CC12CCCCC1=[C-]CO2.[C-]#[O+].[C-]#[O+].[C-]#[O+].[CH]1[CH][CH][CH][CH]1.[CH]1[CH][CH][CH][CH]1.[W+2]. The van der Waals surface area contributed by atoms with Crippen LogP contribution in [-0.2, 0) is 39.8 Å². The van der Waals surface area contributed by atoms with Crippen molar-refractivity contribution in [1.29, 1.82) is 0 Å². The summed E-state index contributed by atoms with van der Waals surface area (Å²) >= 11 is 0. The first kappa shape index (κ1) is 31.3. The van der Waals surface area contributed by atoms with Gasteiger partial charge in [0.2, 0.25) is 0 Å². The van der Waals surface area contributed by atoms with Gasteiger partial charge in [-0.3, -0.25) is 0 Å². The molecular weight excluding hydrogens is 512 g/mol. The molecule has 1 atom stereocenters. The molecule has 0 saturated heterocycles.